The van der Waals surface area contributed by atoms with Crippen molar-refractivity contribution in [2.45, 2.75) is 51.7 Å². The average molecular weight is 293 g/mol. The summed E-state index contributed by atoms with van der Waals surface area (Å²) in [6.07, 6.45) is 4.24. The number of aromatic nitrogens is 2. The summed E-state index contributed by atoms with van der Waals surface area (Å²) in [5.74, 6) is -0.167. The van der Waals surface area contributed by atoms with Gasteiger partial charge in [-0.05, 0) is 25.3 Å². The van der Waals surface area contributed by atoms with E-state index in [2.05, 4.69) is 10.4 Å². The van der Waals surface area contributed by atoms with E-state index in [4.69, 9.17) is 0 Å². The van der Waals surface area contributed by atoms with E-state index in [0.29, 0.717) is 13.1 Å². The molecule has 1 aliphatic rings. The fraction of sp³-hybridized carbons (Fsp3) is 0.667. The Kier molecular flexibility index (Phi) is 5.50. The van der Waals surface area contributed by atoms with Crippen molar-refractivity contribution in [1.82, 2.24) is 15.1 Å². The molecular formula is C15H23N3O3. The molecular weight excluding hydrogens is 270 g/mol. The van der Waals surface area contributed by atoms with Crippen LogP contribution in [0.3, 0.4) is 0 Å². The summed E-state index contributed by atoms with van der Waals surface area (Å²) >= 11 is 0. The van der Waals surface area contributed by atoms with Crippen LogP contribution in [0.25, 0.3) is 0 Å². The minimum atomic E-state index is -0.322. The molecule has 0 aromatic carbocycles. The van der Waals surface area contributed by atoms with Crippen LogP contribution in [0.15, 0.2) is 16.9 Å². The number of hydrogen-bond acceptors (Lipinski definition) is 4. The first-order valence-electron chi connectivity index (χ1n) is 7.66. The molecule has 2 N–H and O–H groups in total. The Morgan fingerprint density at radius 1 is 1.48 bits per heavy atom. The molecule has 1 heterocycles. The van der Waals surface area contributed by atoms with Gasteiger partial charge in [0, 0.05) is 25.1 Å². The lowest BCUT2D eigenvalue weighted by molar-refractivity contribution is 0.0909. The largest absolute Gasteiger partial charge is 0.393 e. The molecule has 0 bridgehead atoms. The third-order valence-corrected chi connectivity index (χ3v) is 3.97. The number of unbranched alkanes of at least 4 members (excludes halogenated alkanes) is 1. The second kappa shape index (κ2) is 7.36. The maximum absolute atomic E-state index is 12.1. The molecule has 0 spiro atoms. The highest BCUT2D eigenvalue weighted by atomic mass is 16.3. The van der Waals surface area contributed by atoms with Crippen molar-refractivity contribution in [1.29, 1.82) is 0 Å². The number of aliphatic hydroxyl groups is 1. The van der Waals surface area contributed by atoms with E-state index in [1.165, 1.54) is 16.8 Å². The Balaban J connectivity index is 1.96. The highest BCUT2D eigenvalue weighted by molar-refractivity contribution is 5.91. The van der Waals surface area contributed by atoms with E-state index in [1.807, 2.05) is 6.92 Å². The van der Waals surface area contributed by atoms with Crippen LogP contribution in [0.1, 0.15) is 49.5 Å². The average Bonchev–Trinajstić information content (AvgIpc) is 2.89. The van der Waals surface area contributed by atoms with Crippen LogP contribution in [-0.2, 0) is 6.54 Å². The van der Waals surface area contributed by atoms with E-state index in [-0.39, 0.29) is 29.2 Å². The molecule has 2 rings (SSSR count). The smallest absolute Gasteiger partial charge is 0.271 e. The van der Waals surface area contributed by atoms with Gasteiger partial charge < -0.3 is 10.4 Å². The maximum Gasteiger partial charge on any atom is 0.271 e. The van der Waals surface area contributed by atoms with E-state index in [1.54, 1.807) is 0 Å². The van der Waals surface area contributed by atoms with Gasteiger partial charge in [0.25, 0.3) is 11.5 Å². The topological polar surface area (TPSA) is 84.2 Å². The molecule has 1 aromatic rings. The molecule has 0 radical (unpaired) electrons. The van der Waals surface area contributed by atoms with Gasteiger partial charge >= 0.3 is 0 Å². The molecule has 1 fully saturated rings. The molecule has 2 atom stereocenters. The standard InChI is InChI=1S/C15H23N3O3/c1-2-3-9-18-14(20)8-7-12(17-18)15(21)16-10-11-5-4-6-13(11)19/h7-8,11,13,19H,2-6,9-10H2,1H3,(H,16,21). The van der Waals surface area contributed by atoms with Crippen molar-refractivity contribution < 1.29 is 9.90 Å². The third kappa shape index (κ3) is 4.14. The minimum Gasteiger partial charge on any atom is -0.393 e. The number of nitrogens with one attached hydrogen (secondary N) is 1. The number of rotatable bonds is 6. The monoisotopic (exact) mass is 293 g/mol. The fourth-order valence-corrected chi connectivity index (χ4v) is 2.61. The fourth-order valence-electron chi connectivity index (χ4n) is 2.61. The lowest BCUT2D eigenvalue weighted by Gasteiger charge is -2.15. The predicted octanol–water partition coefficient (Wildman–Crippen LogP) is 0.934. The van der Waals surface area contributed by atoms with E-state index >= 15 is 0 Å². The summed E-state index contributed by atoms with van der Waals surface area (Å²) < 4.78 is 1.34. The number of carbonyl (C=O) groups excluding carboxylic acids is 1. The summed E-state index contributed by atoms with van der Waals surface area (Å²) in [6.45, 7) is 3.02. The lowest BCUT2D eigenvalue weighted by Crippen LogP contribution is -2.34. The van der Waals surface area contributed by atoms with Crippen molar-refractivity contribution in [2.75, 3.05) is 6.54 Å². The van der Waals surface area contributed by atoms with Crippen LogP contribution in [0, 0.1) is 5.92 Å². The Labute approximate surface area is 124 Å². The number of aryl methyl sites for hydroxylation is 1. The van der Waals surface area contributed by atoms with E-state index in [9.17, 15) is 14.7 Å². The second-order valence-corrected chi connectivity index (χ2v) is 5.60. The Morgan fingerprint density at radius 3 is 2.95 bits per heavy atom. The zero-order chi connectivity index (χ0) is 15.2. The second-order valence-electron chi connectivity index (χ2n) is 5.60. The van der Waals surface area contributed by atoms with Crippen molar-refractivity contribution in [2.24, 2.45) is 5.92 Å². The van der Waals surface area contributed by atoms with Gasteiger partial charge in [-0.25, -0.2) is 4.68 Å². The van der Waals surface area contributed by atoms with Gasteiger partial charge in [-0.15, -0.1) is 0 Å². The van der Waals surface area contributed by atoms with Crippen molar-refractivity contribution >= 4 is 5.91 Å². The van der Waals surface area contributed by atoms with Crippen molar-refractivity contribution in [3.05, 3.63) is 28.2 Å². The Bertz CT molecular complexity index is 541. The maximum atomic E-state index is 12.1. The van der Waals surface area contributed by atoms with Crippen LogP contribution in [-0.4, -0.2) is 33.4 Å². The Hall–Kier alpha value is -1.69. The first kappa shape index (κ1) is 15.7. The summed E-state index contributed by atoms with van der Waals surface area (Å²) in [5, 5.41) is 16.6. The highest BCUT2D eigenvalue weighted by Gasteiger charge is 2.25. The zero-order valence-electron chi connectivity index (χ0n) is 12.4. The van der Waals surface area contributed by atoms with E-state index < -0.39 is 0 Å². The van der Waals surface area contributed by atoms with Gasteiger partial charge in [0.2, 0.25) is 0 Å². The van der Waals surface area contributed by atoms with Crippen LogP contribution in [0.5, 0.6) is 0 Å². The molecule has 1 saturated carbocycles. The molecule has 0 saturated heterocycles. The highest BCUT2D eigenvalue weighted by Crippen LogP contribution is 2.24. The zero-order valence-corrected chi connectivity index (χ0v) is 12.4. The van der Waals surface area contributed by atoms with Gasteiger partial charge in [0.05, 0.1) is 6.10 Å². The Morgan fingerprint density at radius 2 is 2.29 bits per heavy atom. The lowest BCUT2D eigenvalue weighted by atomic mass is 10.1. The summed E-state index contributed by atoms with van der Waals surface area (Å²) in [4.78, 5) is 23.7. The first-order chi connectivity index (χ1) is 10.1. The molecule has 6 nitrogen and oxygen atoms in total. The molecule has 0 aliphatic heterocycles. The van der Waals surface area contributed by atoms with Crippen LogP contribution >= 0.6 is 0 Å². The number of aliphatic hydroxyl groups excluding tert-OH is 1. The van der Waals surface area contributed by atoms with Gasteiger partial charge in [0.1, 0.15) is 5.69 Å². The van der Waals surface area contributed by atoms with Crippen molar-refractivity contribution in [3.8, 4) is 0 Å². The number of carbonyl (C=O) groups is 1. The molecule has 1 aliphatic carbocycles. The van der Waals surface area contributed by atoms with E-state index in [0.717, 1.165) is 32.1 Å². The first-order valence-corrected chi connectivity index (χ1v) is 7.66. The normalized spacial score (nSPS) is 21.4. The molecule has 6 heteroatoms. The number of hydrogen-bond donors (Lipinski definition) is 2. The van der Waals surface area contributed by atoms with Gasteiger partial charge in [-0.1, -0.05) is 19.8 Å². The summed E-state index contributed by atoms with van der Waals surface area (Å²) in [5.41, 5.74) is 0.0596. The minimum absolute atomic E-state index is 0.125. The molecule has 116 valence electrons. The number of nitrogens with zero attached hydrogens (tertiary/aromatic N) is 2. The number of amides is 1. The van der Waals surface area contributed by atoms with Crippen LogP contribution < -0.4 is 10.9 Å². The molecule has 1 aromatic heterocycles. The summed E-state index contributed by atoms with van der Waals surface area (Å²) in [6, 6.07) is 2.83. The van der Waals surface area contributed by atoms with Gasteiger partial charge in [-0.3, -0.25) is 9.59 Å². The summed E-state index contributed by atoms with van der Waals surface area (Å²) in [7, 11) is 0. The van der Waals surface area contributed by atoms with Crippen LogP contribution in [0.4, 0.5) is 0 Å². The predicted molar refractivity (Wildman–Crippen MR) is 79.1 cm³/mol. The quantitative estimate of drug-likeness (QED) is 0.817. The molecule has 1 amide bonds. The third-order valence-electron chi connectivity index (χ3n) is 3.97. The van der Waals surface area contributed by atoms with Gasteiger partial charge in [-0.2, -0.15) is 5.10 Å². The molecule has 2 unspecified atom stereocenters. The van der Waals surface area contributed by atoms with Gasteiger partial charge in [0.15, 0.2) is 0 Å². The molecule has 21 heavy (non-hydrogen) atoms. The van der Waals surface area contributed by atoms with Crippen LogP contribution in [0.2, 0.25) is 0 Å². The van der Waals surface area contributed by atoms with Crippen molar-refractivity contribution in [3.63, 3.8) is 0 Å². The SMILES string of the molecule is CCCCn1nc(C(=O)NCC2CCCC2O)ccc1=O.